The molecule has 2 aromatic rings. The van der Waals surface area contributed by atoms with Crippen molar-refractivity contribution in [3.05, 3.63) is 64.2 Å². The molecular formula is C22H23ClN2. The molecule has 25 heavy (non-hydrogen) atoms. The molecule has 0 bridgehead atoms. The van der Waals surface area contributed by atoms with Crippen LogP contribution in [0.5, 0.6) is 0 Å². The normalized spacial score (nSPS) is 13.9. The number of hydrogen-bond donors (Lipinski definition) is 0. The Hall–Kier alpha value is -2.24. The largest absolute Gasteiger partial charge is 0.341 e. The van der Waals surface area contributed by atoms with Crippen LogP contribution in [0.1, 0.15) is 49.3 Å². The monoisotopic (exact) mass is 350 g/mol. The van der Waals surface area contributed by atoms with Crippen LogP contribution in [-0.4, -0.2) is 6.54 Å². The lowest BCUT2D eigenvalue weighted by Crippen LogP contribution is -2.17. The van der Waals surface area contributed by atoms with Crippen molar-refractivity contribution in [3.63, 3.8) is 0 Å². The van der Waals surface area contributed by atoms with E-state index in [1.807, 2.05) is 12.1 Å². The first-order chi connectivity index (χ1) is 12.1. The standard InChI is InChI=1S/C22H23ClN2/c1-3-25(20-12-11-19(15-24)21(23)14-20)22-13-18(10-9-16(22)2)17-7-5-4-6-8-17/h7,9-14H,3-6,8H2,1-2H3. The molecule has 1 aliphatic carbocycles. The minimum absolute atomic E-state index is 0.502. The predicted molar refractivity (Wildman–Crippen MR) is 106 cm³/mol. The molecule has 0 radical (unpaired) electrons. The Morgan fingerprint density at radius 3 is 2.64 bits per heavy atom. The SMILES string of the molecule is CCN(c1ccc(C#N)c(Cl)c1)c1cc(C2=CCCCC2)ccc1C. The molecular weight excluding hydrogens is 328 g/mol. The maximum absolute atomic E-state index is 9.09. The summed E-state index contributed by atoms with van der Waals surface area (Å²) < 4.78 is 0. The van der Waals surface area contributed by atoms with Crippen LogP contribution in [0.3, 0.4) is 0 Å². The van der Waals surface area contributed by atoms with Gasteiger partial charge in [-0.05, 0) is 80.5 Å². The first kappa shape index (κ1) is 17.6. The van der Waals surface area contributed by atoms with E-state index in [0.717, 1.165) is 18.7 Å². The fraction of sp³-hybridized carbons (Fsp3) is 0.318. The molecule has 0 unspecified atom stereocenters. The molecule has 2 nitrogen and oxygen atoms in total. The van der Waals surface area contributed by atoms with Crippen LogP contribution in [0.25, 0.3) is 5.57 Å². The maximum atomic E-state index is 9.09. The Balaban J connectivity index is 2.02. The van der Waals surface area contributed by atoms with Crippen LogP contribution in [0, 0.1) is 18.3 Å². The molecule has 0 saturated heterocycles. The van der Waals surface area contributed by atoms with Crippen molar-refractivity contribution in [2.45, 2.75) is 39.5 Å². The minimum Gasteiger partial charge on any atom is -0.341 e. The van der Waals surface area contributed by atoms with Gasteiger partial charge in [0, 0.05) is 17.9 Å². The van der Waals surface area contributed by atoms with Crippen molar-refractivity contribution >= 4 is 28.5 Å². The molecule has 0 N–H and O–H groups in total. The molecule has 0 atom stereocenters. The second-order valence-electron chi connectivity index (χ2n) is 6.50. The lowest BCUT2D eigenvalue weighted by Gasteiger charge is -2.27. The number of nitriles is 1. The highest BCUT2D eigenvalue weighted by Crippen LogP contribution is 2.35. The summed E-state index contributed by atoms with van der Waals surface area (Å²) in [5.74, 6) is 0. The maximum Gasteiger partial charge on any atom is 0.101 e. The fourth-order valence-electron chi connectivity index (χ4n) is 3.45. The Bertz CT molecular complexity index is 846. The first-order valence-electron chi connectivity index (χ1n) is 8.91. The molecule has 0 amide bonds. The topological polar surface area (TPSA) is 27.0 Å². The molecule has 1 aliphatic rings. The Kier molecular flexibility index (Phi) is 5.46. The predicted octanol–water partition coefficient (Wildman–Crippen LogP) is 6.64. The number of halogens is 1. The van der Waals surface area contributed by atoms with Gasteiger partial charge in [-0.15, -0.1) is 0 Å². The number of rotatable bonds is 4. The van der Waals surface area contributed by atoms with Gasteiger partial charge < -0.3 is 4.90 Å². The zero-order valence-corrected chi connectivity index (χ0v) is 15.6. The third-order valence-electron chi connectivity index (χ3n) is 4.86. The van der Waals surface area contributed by atoms with E-state index in [4.69, 9.17) is 16.9 Å². The van der Waals surface area contributed by atoms with E-state index in [9.17, 15) is 0 Å². The van der Waals surface area contributed by atoms with Crippen molar-refractivity contribution in [1.29, 1.82) is 5.26 Å². The van der Waals surface area contributed by atoms with Gasteiger partial charge in [-0.2, -0.15) is 5.26 Å². The Morgan fingerprint density at radius 1 is 1.16 bits per heavy atom. The molecule has 0 aliphatic heterocycles. The van der Waals surface area contributed by atoms with E-state index in [1.165, 1.54) is 41.6 Å². The molecule has 0 fully saturated rings. The smallest absolute Gasteiger partial charge is 0.101 e. The van der Waals surface area contributed by atoms with Crippen LogP contribution in [0.15, 0.2) is 42.5 Å². The molecule has 2 aromatic carbocycles. The van der Waals surface area contributed by atoms with Crippen molar-refractivity contribution in [3.8, 4) is 6.07 Å². The van der Waals surface area contributed by atoms with Crippen molar-refractivity contribution in [1.82, 2.24) is 0 Å². The highest BCUT2D eigenvalue weighted by atomic mass is 35.5. The second-order valence-corrected chi connectivity index (χ2v) is 6.90. The highest BCUT2D eigenvalue weighted by molar-refractivity contribution is 6.32. The van der Waals surface area contributed by atoms with Gasteiger partial charge in [0.2, 0.25) is 0 Å². The van der Waals surface area contributed by atoms with Crippen molar-refractivity contribution in [2.24, 2.45) is 0 Å². The van der Waals surface area contributed by atoms with Gasteiger partial charge in [0.1, 0.15) is 6.07 Å². The number of anilines is 2. The fourth-order valence-corrected chi connectivity index (χ4v) is 3.67. The van der Waals surface area contributed by atoms with Crippen molar-refractivity contribution in [2.75, 3.05) is 11.4 Å². The zero-order chi connectivity index (χ0) is 17.8. The summed E-state index contributed by atoms with van der Waals surface area (Å²) in [7, 11) is 0. The summed E-state index contributed by atoms with van der Waals surface area (Å²) in [5.41, 5.74) is 6.75. The van der Waals surface area contributed by atoms with Crippen LogP contribution >= 0.6 is 11.6 Å². The average Bonchev–Trinajstić information content (AvgIpc) is 2.65. The molecule has 3 rings (SSSR count). The first-order valence-corrected chi connectivity index (χ1v) is 9.29. The second kappa shape index (κ2) is 7.76. The van der Waals surface area contributed by atoms with Crippen LogP contribution < -0.4 is 4.90 Å². The Morgan fingerprint density at radius 2 is 2.00 bits per heavy atom. The van der Waals surface area contributed by atoms with Gasteiger partial charge in [-0.25, -0.2) is 0 Å². The van der Waals surface area contributed by atoms with E-state index in [-0.39, 0.29) is 0 Å². The number of benzene rings is 2. The van der Waals surface area contributed by atoms with Gasteiger partial charge in [0.25, 0.3) is 0 Å². The molecule has 0 heterocycles. The minimum atomic E-state index is 0.502. The van der Waals surface area contributed by atoms with Gasteiger partial charge >= 0.3 is 0 Å². The molecule has 0 aromatic heterocycles. The molecule has 0 spiro atoms. The van der Waals surface area contributed by atoms with E-state index in [1.54, 1.807) is 6.07 Å². The summed E-state index contributed by atoms with van der Waals surface area (Å²) >= 11 is 6.25. The van der Waals surface area contributed by atoms with Crippen LogP contribution in [0.4, 0.5) is 11.4 Å². The summed E-state index contributed by atoms with van der Waals surface area (Å²) in [4.78, 5) is 2.26. The lowest BCUT2D eigenvalue weighted by atomic mass is 9.92. The van der Waals surface area contributed by atoms with E-state index in [2.05, 4.69) is 49.1 Å². The lowest BCUT2D eigenvalue weighted by molar-refractivity contribution is 0.742. The molecule has 0 saturated carbocycles. The van der Waals surface area contributed by atoms with E-state index >= 15 is 0 Å². The third kappa shape index (κ3) is 3.72. The van der Waals surface area contributed by atoms with Gasteiger partial charge in [-0.3, -0.25) is 0 Å². The van der Waals surface area contributed by atoms with E-state index in [0.29, 0.717) is 10.6 Å². The quantitative estimate of drug-likeness (QED) is 0.618. The number of aryl methyl sites for hydroxylation is 1. The highest BCUT2D eigenvalue weighted by Gasteiger charge is 2.14. The molecule has 128 valence electrons. The Labute approximate surface area is 155 Å². The van der Waals surface area contributed by atoms with Gasteiger partial charge in [0.15, 0.2) is 0 Å². The third-order valence-corrected chi connectivity index (χ3v) is 5.18. The van der Waals surface area contributed by atoms with Gasteiger partial charge in [-0.1, -0.05) is 29.8 Å². The van der Waals surface area contributed by atoms with Crippen LogP contribution in [0.2, 0.25) is 5.02 Å². The number of nitrogens with zero attached hydrogens (tertiary/aromatic N) is 2. The van der Waals surface area contributed by atoms with E-state index < -0.39 is 0 Å². The zero-order valence-electron chi connectivity index (χ0n) is 14.8. The van der Waals surface area contributed by atoms with Crippen molar-refractivity contribution < 1.29 is 0 Å². The average molecular weight is 351 g/mol. The van der Waals surface area contributed by atoms with Crippen LogP contribution in [-0.2, 0) is 0 Å². The number of hydrogen-bond acceptors (Lipinski definition) is 2. The summed E-state index contributed by atoms with van der Waals surface area (Å²) in [6.07, 6.45) is 7.30. The van der Waals surface area contributed by atoms with Gasteiger partial charge in [0.05, 0.1) is 10.6 Å². The summed E-state index contributed by atoms with van der Waals surface area (Å²) in [6, 6.07) is 14.5. The summed E-state index contributed by atoms with van der Waals surface area (Å²) in [6.45, 7) is 5.12. The summed E-state index contributed by atoms with van der Waals surface area (Å²) in [5, 5.41) is 9.59. The number of allylic oxidation sites excluding steroid dienone is 2. The molecule has 3 heteroatoms.